The van der Waals surface area contributed by atoms with E-state index in [2.05, 4.69) is 15.6 Å². The van der Waals surface area contributed by atoms with Gasteiger partial charge >= 0.3 is 0 Å². The summed E-state index contributed by atoms with van der Waals surface area (Å²) in [5, 5.41) is 6.52. The van der Waals surface area contributed by atoms with Gasteiger partial charge in [0.05, 0.1) is 12.0 Å². The number of benzene rings is 2. The van der Waals surface area contributed by atoms with Crippen LogP contribution in [0, 0.1) is 0 Å². The van der Waals surface area contributed by atoms with Crippen molar-refractivity contribution in [2.24, 2.45) is 4.99 Å². The molecule has 7 nitrogen and oxygen atoms in total. The Morgan fingerprint density at radius 2 is 1.65 bits per heavy atom. The summed E-state index contributed by atoms with van der Waals surface area (Å²) in [5.41, 5.74) is 2.02. The second kappa shape index (κ2) is 12.3. The van der Waals surface area contributed by atoms with Crippen LogP contribution in [0.3, 0.4) is 0 Å². The van der Waals surface area contributed by atoms with Crippen molar-refractivity contribution >= 4 is 40.0 Å². The third kappa shape index (κ3) is 6.81. The molecular weight excluding hydrogens is 527 g/mol. The zero-order valence-corrected chi connectivity index (χ0v) is 21.2. The van der Waals surface area contributed by atoms with Crippen LogP contribution in [0.2, 0.25) is 0 Å². The summed E-state index contributed by atoms with van der Waals surface area (Å²) in [6.45, 7) is 2.34. The van der Waals surface area contributed by atoms with Crippen molar-refractivity contribution in [2.75, 3.05) is 27.2 Å². The zero-order valence-electron chi connectivity index (χ0n) is 18.0. The smallest absolute Gasteiger partial charge is 0.243 e. The lowest BCUT2D eigenvalue weighted by molar-refractivity contribution is 0.346. The molecule has 0 aliphatic carbocycles. The number of piperidine rings is 1. The first-order valence-corrected chi connectivity index (χ1v) is 11.6. The van der Waals surface area contributed by atoms with Crippen LogP contribution in [0.5, 0.6) is 5.75 Å². The minimum absolute atomic E-state index is 0. The first-order chi connectivity index (χ1) is 14.5. The van der Waals surface area contributed by atoms with Gasteiger partial charge in [0.15, 0.2) is 5.96 Å². The Kier molecular flexibility index (Phi) is 10.0. The molecule has 2 N–H and O–H groups in total. The summed E-state index contributed by atoms with van der Waals surface area (Å²) in [6, 6.07) is 14.9. The summed E-state index contributed by atoms with van der Waals surface area (Å²) in [7, 11) is -0.0277. The molecule has 2 aromatic rings. The van der Waals surface area contributed by atoms with Gasteiger partial charge in [-0.1, -0.05) is 36.8 Å². The topological polar surface area (TPSA) is 83.0 Å². The van der Waals surface area contributed by atoms with E-state index in [9.17, 15) is 8.42 Å². The Morgan fingerprint density at radius 1 is 1.00 bits per heavy atom. The number of aliphatic imine (C=N–C) groups is 1. The largest absolute Gasteiger partial charge is 0.496 e. The fourth-order valence-electron chi connectivity index (χ4n) is 3.47. The molecule has 2 aromatic carbocycles. The number of nitrogens with zero attached hydrogens (tertiary/aromatic N) is 2. The lowest BCUT2D eigenvalue weighted by atomic mass is 10.2. The van der Waals surface area contributed by atoms with Crippen LogP contribution in [0.4, 0.5) is 0 Å². The van der Waals surface area contributed by atoms with E-state index in [1.807, 2.05) is 36.4 Å². The monoisotopic (exact) mass is 558 g/mol. The molecule has 1 aliphatic heterocycles. The molecule has 1 saturated heterocycles. The number of nitrogens with one attached hydrogen (secondary N) is 2. The maximum Gasteiger partial charge on any atom is 0.243 e. The van der Waals surface area contributed by atoms with E-state index in [-0.39, 0.29) is 24.0 Å². The number of sulfonamides is 1. The third-order valence-corrected chi connectivity index (χ3v) is 7.11. The van der Waals surface area contributed by atoms with Crippen LogP contribution in [0.1, 0.15) is 30.4 Å². The highest BCUT2D eigenvalue weighted by atomic mass is 127. The Labute approximate surface area is 202 Å². The van der Waals surface area contributed by atoms with Crippen LogP contribution in [-0.2, 0) is 23.1 Å². The minimum Gasteiger partial charge on any atom is -0.496 e. The van der Waals surface area contributed by atoms with Crippen molar-refractivity contribution in [1.82, 2.24) is 14.9 Å². The van der Waals surface area contributed by atoms with Gasteiger partial charge in [0.25, 0.3) is 0 Å². The summed E-state index contributed by atoms with van der Waals surface area (Å²) in [4.78, 5) is 4.60. The highest BCUT2D eigenvalue weighted by Crippen LogP contribution is 2.21. The second-order valence-electron chi connectivity index (χ2n) is 7.20. The molecule has 3 rings (SSSR count). The molecular formula is C22H31IN4O3S. The van der Waals surface area contributed by atoms with E-state index in [1.165, 1.54) is 0 Å². The number of para-hydroxylation sites is 1. The lowest BCUT2D eigenvalue weighted by Gasteiger charge is -2.25. The van der Waals surface area contributed by atoms with Crippen LogP contribution < -0.4 is 15.4 Å². The number of rotatable bonds is 7. The van der Waals surface area contributed by atoms with E-state index in [0.717, 1.165) is 36.1 Å². The van der Waals surface area contributed by atoms with Crippen molar-refractivity contribution in [3.8, 4) is 5.75 Å². The highest BCUT2D eigenvalue weighted by Gasteiger charge is 2.25. The predicted octanol–water partition coefficient (Wildman–Crippen LogP) is 3.35. The Balaban J connectivity index is 0.00000341. The van der Waals surface area contributed by atoms with Gasteiger partial charge in [-0.3, -0.25) is 4.99 Å². The first kappa shape index (κ1) is 25.4. The standard InChI is InChI=1S/C22H30N4O3S.HI/c1-23-22(25-17-19-8-4-5-9-21(19)29-2)24-16-18-10-12-20(13-11-18)30(27,28)26-14-6-3-7-15-26;/h4-5,8-13H,3,6-7,14-17H2,1-2H3,(H2,23,24,25);1H. The Bertz CT molecular complexity index is 959. The molecule has 9 heteroatoms. The van der Waals surface area contributed by atoms with Crippen molar-refractivity contribution in [1.29, 1.82) is 0 Å². The fourth-order valence-corrected chi connectivity index (χ4v) is 4.99. The molecule has 1 fully saturated rings. The fraction of sp³-hybridized carbons (Fsp3) is 0.409. The summed E-state index contributed by atoms with van der Waals surface area (Å²) < 4.78 is 32.5. The molecule has 31 heavy (non-hydrogen) atoms. The zero-order chi connectivity index (χ0) is 21.4. The minimum atomic E-state index is -3.40. The molecule has 0 spiro atoms. The molecule has 0 aromatic heterocycles. The van der Waals surface area contributed by atoms with Gasteiger partial charge in [0.1, 0.15) is 5.75 Å². The van der Waals surface area contributed by atoms with Crippen molar-refractivity contribution in [3.05, 3.63) is 59.7 Å². The maximum absolute atomic E-state index is 12.8. The van der Waals surface area contributed by atoms with Gasteiger partial charge in [-0.2, -0.15) is 4.31 Å². The molecule has 0 atom stereocenters. The second-order valence-corrected chi connectivity index (χ2v) is 9.14. The number of hydrogen-bond donors (Lipinski definition) is 2. The van der Waals surface area contributed by atoms with Crippen molar-refractivity contribution in [2.45, 2.75) is 37.2 Å². The average molecular weight is 558 g/mol. The average Bonchev–Trinajstić information content (AvgIpc) is 2.80. The van der Waals surface area contributed by atoms with Gasteiger partial charge in [-0.25, -0.2) is 8.42 Å². The van der Waals surface area contributed by atoms with Crippen molar-refractivity contribution in [3.63, 3.8) is 0 Å². The number of hydrogen-bond acceptors (Lipinski definition) is 4. The van der Waals surface area contributed by atoms with Gasteiger partial charge in [0.2, 0.25) is 10.0 Å². The van der Waals surface area contributed by atoms with Crippen LogP contribution in [0.15, 0.2) is 58.4 Å². The van der Waals surface area contributed by atoms with Gasteiger partial charge in [-0.05, 0) is 36.6 Å². The molecule has 0 unspecified atom stereocenters. The normalized spacial score (nSPS) is 15.1. The van der Waals surface area contributed by atoms with E-state index < -0.39 is 10.0 Å². The molecule has 0 bridgehead atoms. The lowest BCUT2D eigenvalue weighted by Crippen LogP contribution is -2.36. The van der Waals surface area contributed by atoms with E-state index in [0.29, 0.717) is 37.0 Å². The first-order valence-electron chi connectivity index (χ1n) is 10.2. The number of guanidine groups is 1. The molecule has 170 valence electrons. The third-order valence-electron chi connectivity index (χ3n) is 5.20. The molecule has 1 aliphatic rings. The Morgan fingerprint density at radius 3 is 2.29 bits per heavy atom. The molecule has 0 amide bonds. The van der Waals surface area contributed by atoms with E-state index >= 15 is 0 Å². The van der Waals surface area contributed by atoms with Crippen LogP contribution >= 0.6 is 24.0 Å². The number of ether oxygens (including phenoxy) is 1. The summed E-state index contributed by atoms with van der Waals surface area (Å²) in [5.74, 6) is 1.48. The van der Waals surface area contributed by atoms with E-state index in [1.54, 1.807) is 30.6 Å². The van der Waals surface area contributed by atoms with Crippen LogP contribution in [-0.4, -0.2) is 45.9 Å². The SMILES string of the molecule is CN=C(NCc1ccc(S(=O)(=O)N2CCCCC2)cc1)NCc1ccccc1OC.I. The van der Waals surface area contributed by atoms with Crippen molar-refractivity contribution < 1.29 is 13.2 Å². The summed E-state index contributed by atoms with van der Waals surface area (Å²) >= 11 is 0. The van der Waals surface area contributed by atoms with Gasteiger partial charge in [0, 0.05) is 38.8 Å². The number of halogens is 1. The van der Waals surface area contributed by atoms with E-state index in [4.69, 9.17) is 4.74 Å². The molecule has 1 heterocycles. The van der Waals surface area contributed by atoms with Crippen LogP contribution in [0.25, 0.3) is 0 Å². The van der Waals surface area contributed by atoms with Gasteiger partial charge in [-0.15, -0.1) is 24.0 Å². The maximum atomic E-state index is 12.8. The predicted molar refractivity (Wildman–Crippen MR) is 134 cm³/mol. The molecule has 0 radical (unpaired) electrons. The summed E-state index contributed by atoms with van der Waals surface area (Å²) in [6.07, 6.45) is 2.97. The molecule has 0 saturated carbocycles. The van der Waals surface area contributed by atoms with Gasteiger partial charge < -0.3 is 15.4 Å². The highest BCUT2D eigenvalue weighted by molar-refractivity contribution is 14.0. The number of methoxy groups -OCH3 is 1. The quantitative estimate of drug-likeness (QED) is 0.310. The Hall–Kier alpha value is -1.85.